The lowest BCUT2D eigenvalue weighted by molar-refractivity contribution is 0.0190. The SMILES string of the molecule is CN=C(NCCOCC1CCCO1)NC1CC(C)(C)Oc2ccccc21. The van der Waals surface area contributed by atoms with Crippen molar-refractivity contribution in [3.8, 4) is 5.75 Å². The minimum Gasteiger partial charge on any atom is -0.487 e. The minimum absolute atomic E-state index is 0.161. The van der Waals surface area contributed by atoms with Crippen LogP contribution in [0.15, 0.2) is 29.3 Å². The minimum atomic E-state index is -0.213. The molecule has 0 radical (unpaired) electrons. The summed E-state index contributed by atoms with van der Waals surface area (Å²) >= 11 is 0. The Hall–Kier alpha value is -1.79. The van der Waals surface area contributed by atoms with E-state index in [-0.39, 0.29) is 17.7 Å². The Bertz CT molecular complexity index is 612. The maximum atomic E-state index is 6.09. The molecule has 1 aromatic rings. The Kier molecular flexibility index (Phi) is 6.38. The van der Waals surface area contributed by atoms with E-state index >= 15 is 0 Å². The summed E-state index contributed by atoms with van der Waals surface area (Å²) in [5, 5.41) is 6.86. The van der Waals surface area contributed by atoms with Crippen molar-refractivity contribution in [3.05, 3.63) is 29.8 Å². The van der Waals surface area contributed by atoms with E-state index in [2.05, 4.69) is 35.5 Å². The molecular weight excluding hydrogens is 330 g/mol. The number of nitrogens with zero attached hydrogens (tertiary/aromatic N) is 1. The van der Waals surface area contributed by atoms with Gasteiger partial charge in [0.25, 0.3) is 0 Å². The highest BCUT2D eigenvalue weighted by molar-refractivity contribution is 5.80. The van der Waals surface area contributed by atoms with Crippen LogP contribution in [0.25, 0.3) is 0 Å². The molecule has 1 fully saturated rings. The zero-order chi connectivity index (χ0) is 18.4. The molecule has 3 rings (SSSR count). The van der Waals surface area contributed by atoms with Crippen LogP contribution in [0.3, 0.4) is 0 Å². The second kappa shape index (κ2) is 8.73. The zero-order valence-corrected chi connectivity index (χ0v) is 16.1. The van der Waals surface area contributed by atoms with E-state index in [1.54, 1.807) is 7.05 Å². The molecule has 1 aromatic carbocycles. The Morgan fingerprint density at radius 3 is 2.96 bits per heavy atom. The van der Waals surface area contributed by atoms with Gasteiger partial charge in [-0.2, -0.15) is 0 Å². The largest absolute Gasteiger partial charge is 0.487 e. The molecule has 0 aromatic heterocycles. The molecule has 0 spiro atoms. The van der Waals surface area contributed by atoms with Crippen molar-refractivity contribution in [1.29, 1.82) is 0 Å². The highest BCUT2D eigenvalue weighted by Crippen LogP contribution is 2.39. The second-order valence-electron chi connectivity index (χ2n) is 7.51. The Morgan fingerprint density at radius 2 is 2.19 bits per heavy atom. The lowest BCUT2D eigenvalue weighted by Gasteiger charge is -2.38. The Balaban J connectivity index is 1.48. The number of aliphatic imine (C=N–C) groups is 1. The number of para-hydroxylation sites is 1. The van der Waals surface area contributed by atoms with Gasteiger partial charge < -0.3 is 24.8 Å². The van der Waals surface area contributed by atoms with Crippen LogP contribution in [0.4, 0.5) is 0 Å². The van der Waals surface area contributed by atoms with E-state index in [1.165, 1.54) is 5.56 Å². The number of hydrogen-bond donors (Lipinski definition) is 2. The molecule has 0 aliphatic carbocycles. The molecule has 6 nitrogen and oxygen atoms in total. The first kappa shape index (κ1) is 19.0. The number of rotatable bonds is 6. The normalized spacial score (nSPS) is 24.7. The third-order valence-electron chi connectivity index (χ3n) is 4.78. The van der Waals surface area contributed by atoms with Gasteiger partial charge >= 0.3 is 0 Å². The van der Waals surface area contributed by atoms with Gasteiger partial charge in [-0.3, -0.25) is 4.99 Å². The fourth-order valence-electron chi connectivity index (χ4n) is 3.52. The Morgan fingerprint density at radius 1 is 1.35 bits per heavy atom. The zero-order valence-electron chi connectivity index (χ0n) is 16.1. The van der Waals surface area contributed by atoms with Crippen molar-refractivity contribution in [2.24, 2.45) is 4.99 Å². The summed E-state index contributed by atoms with van der Waals surface area (Å²) in [7, 11) is 1.79. The number of benzene rings is 1. The molecule has 2 aliphatic heterocycles. The van der Waals surface area contributed by atoms with Crippen LogP contribution in [0.5, 0.6) is 5.75 Å². The quantitative estimate of drug-likeness (QED) is 0.463. The highest BCUT2D eigenvalue weighted by Gasteiger charge is 2.33. The molecule has 2 unspecified atom stereocenters. The standard InChI is InChI=1S/C20H31N3O3/c1-20(2)13-17(16-8-4-5-9-18(16)26-20)23-19(21-3)22-10-12-24-14-15-7-6-11-25-15/h4-5,8-9,15,17H,6-7,10-14H2,1-3H3,(H2,21,22,23). The molecule has 2 N–H and O–H groups in total. The predicted octanol–water partition coefficient (Wildman–Crippen LogP) is 2.65. The van der Waals surface area contributed by atoms with E-state index in [0.29, 0.717) is 19.8 Å². The molecule has 2 heterocycles. The fraction of sp³-hybridized carbons (Fsp3) is 0.650. The number of hydrogen-bond acceptors (Lipinski definition) is 4. The topological polar surface area (TPSA) is 64.1 Å². The molecule has 26 heavy (non-hydrogen) atoms. The van der Waals surface area contributed by atoms with E-state index in [4.69, 9.17) is 14.2 Å². The number of ether oxygens (including phenoxy) is 3. The molecule has 1 saturated heterocycles. The third-order valence-corrected chi connectivity index (χ3v) is 4.78. The van der Waals surface area contributed by atoms with Crippen LogP contribution in [-0.2, 0) is 9.47 Å². The smallest absolute Gasteiger partial charge is 0.191 e. The van der Waals surface area contributed by atoms with Crippen molar-refractivity contribution >= 4 is 5.96 Å². The van der Waals surface area contributed by atoms with Crippen molar-refractivity contribution < 1.29 is 14.2 Å². The summed E-state index contributed by atoms with van der Waals surface area (Å²) in [5.74, 6) is 1.72. The van der Waals surface area contributed by atoms with Gasteiger partial charge in [0.15, 0.2) is 5.96 Å². The van der Waals surface area contributed by atoms with Crippen LogP contribution in [0.2, 0.25) is 0 Å². The summed E-state index contributed by atoms with van der Waals surface area (Å²) < 4.78 is 17.4. The molecule has 2 aliphatic rings. The van der Waals surface area contributed by atoms with Gasteiger partial charge in [-0.25, -0.2) is 0 Å². The lowest BCUT2D eigenvalue weighted by atomic mass is 9.90. The van der Waals surface area contributed by atoms with Gasteiger partial charge in [0.2, 0.25) is 0 Å². The van der Waals surface area contributed by atoms with Gasteiger partial charge in [0.1, 0.15) is 11.4 Å². The molecule has 2 atom stereocenters. The van der Waals surface area contributed by atoms with Crippen molar-refractivity contribution in [1.82, 2.24) is 10.6 Å². The summed E-state index contributed by atoms with van der Waals surface area (Å²) in [6.07, 6.45) is 3.40. The fourth-order valence-corrected chi connectivity index (χ4v) is 3.52. The highest BCUT2D eigenvalue weighted by atomic mass is 16.5. The summed E-state index contributed by atoms with van der Waals surface area (Å²) in [6.45, 7) is 7.12. The van der Waals surface area contributed by atoms with Gasteiger partial charge in [-0.1, -0.05) is 18.2 Å². The lowest BCUT2D eigenvalue weighted by Crippen LogP contribution is -2.46. The van der Waals surface area contributed by atoms with Crippen molar-refractivity contribution in [2.75, 3.05) is 33.4 Å². The average Bonchev–Trinajstić information content (AvgIpc) is 3.12. The van der Waals surface area contributed by atoms with Crippen molar-refractivity contribution in [2.45, 2.75) is 50.9 Å². The van der Waals surface area contributed by atoms with E-state index in [0.717, 1.165) is 37.6 Å². The monoisotopic (exact) mass is 361 g/mol. The van der Waals surface area contributed by atoms with Crippen LogP contribution < -0.4 is 15.4 Å². The van der Waals surface area contributed by atoms with E-state index in [9.17, 15) is 0 Å². The maximum Gasteiger partial charge on any atom is 0.191 e. The first-order valence-electron chi connectivity index (χ1n) is 9.52. The number of nitrogens with one attached hydrogen (secondary N) is 2. The average molecular weight is 361 g/mol. The summed E-state index contributed by atoms with van der Waals surface area (Å²) in [5.41, 5.74) is 0.958. The first-order chi connectivity index (χ1) is 12.6. The molecule has 0 saturated carbocycles. The van der Waals surface area contributed by atoms with Gasteiger partial charge in [0, 0.05) is 32.2 Å². The van der Waals surface area contributed by atoms with E-state index < -0.39 is 0 Å². The third kappa shape index (κ3) is 5.11. The van der Waals surface area contributed by atoms with Crippen molar-refractivity contribution in [3.63, 3.8) is 0 Å². The Labute approximate surface area is 156 Å². The van der Waals surface area contributed by atoms with Crippen LogP contribution in [0, 0.1) is 0 Å². The van der Waals surface area contributed by atoms with Crippen LogP contribution >= 0.6 is 0 Å². The van der Waals surface area contributed by atoms with Crippen LogP contribution in [-0.4, -0.2) is 51.1 Å². The molecule has 0 amide bonds. The number of guanidine groups is 1. The van der Waals surface area contributed by atoms with Gasteiger partial charge in [-0.05, 0) is 32.8 Å². The second-order valence-corrected chi connectivity index (χ2v) is 7.51. The summed E-state index contributed by atoms with van der Waals surface area (Å²) in [4.78, 5) is 4.35. The van der Waals surface area contributed by atoms with Gasteiger partial charge in [-0.15, -0.1) is 0 Å². The maximum absolute atomic E-state index is 6.09. The van der Waals surface area contributed by atoms with E-state index in [1.807, 2.05) is 18.2 Å². The molecule has 0 bridgehead atoms. The molecule has 144 valence electrons. The van der Waals surface area contributed by atoms with Gasteiger partial charge in [0.05, 0.1) is 25.4 Å². The van der Waals surface area contributed by atoms with Crippen LogP contribution in [0.1, 0.15) is 44.7 Å². The summed E-state index contributed by atoms with van der Waals surface area (Å²) in [6, 6.07) is 8.36. The number of fused-ring (bicyclic) bond motifs is 1. The molecule has 6 heteroatoms. The first-order valence-corrected chi connectivity index (χ1v) is 9.52. The molecular formula is C20H31N3O3. The predicted molar refractivity (Wildman–Crippen MR) is 103 cm³/mol.